The van der Waals surface area contributed by atoms with Crippen LogP contribution in [0.5, 0.6) is 0 Å². The van der Waals surface area contributed by atoms with E-state index >= 15 is 0 Å². The fourth-order valence-corrected chi connectivity index (χ4v) is 1.53. The molecule has 0 unspecified atom stereocenters. The molecule has 0 saturated carbocycles. The third-order valence-electron chi connectivity index (χ3n) is 2.25. The van der Waals surface area contributed by atoms with Gasteiger partial charge in [-0.15, -0.1) is 6.42 Å². The molecule has 0 aromatic rings. The number of amides is 1. The summed E-state index contributed by atoms with van der Waals surface area (Å²) in [4.78, 5) is 13.2. The SMILES string of the molecule is C#CCNCC(=O)N1CCC[C@H](O)C1. The summed E-state index contributed by atoms with van der Waals surface area (Å²) in [5.41, 5.74) is 0. The first kappa shape index (κ1) is 11.0. The highest BCUT2D eigenvalue weighted by atomic mass is 16.3. The van der Waals surface area contributed by atoms with E-state index in [0.717, 1.165) is 19.4 Å². The molecule has 0 bridgehead atoms. The van der Waals surface area contributed by atoms with Crippen molar-refractivity contribution in [3.63, 3.8) is 0 Å². The Morgan fingerprint density at radius 2 is 2.50 bits per heavy atom. The summed E-state index contributed by atoms with van der Waals surface area (Å²) in [7, 11) is 0. The molecule has 14 heavy (non-hydrogen) atoms. The molecule has 1 heterocycles. The van der Waals surface area contributed by atoms with E-state index < -0.39 is 0 Å². The van der Waals surface area contributed by atoms with Gasteiger partial charge in [0, 0.05) is 13.1 Å². The lowest BCUT2D eigenvalue weighted by Crippen LogP contribution is -2.45. The zero-order valence-corrected chi connectivity index (χ0v) is 8.20. The zero-order chi connectivity index (χ0) is 10.4. The molecule has 0 aliphatic carbocycles. The van der Waals surface area contributed by atoms with Gasteiger partial charge in [0.25, 0.3) is 0 Å². The number of carbonyl (C=O) groups excluding carboxylic acids is 1. The van der Waals surface area contributed by atoms with Gasteiger partial charge in [-0.25, -0.2) is 0 Å². The number of terminal acetylenes is 1. The molecule has 1 rings (SSSR count). The van der Waals surface area contributed by atoms with Crippen molar-refractivity contribution < 1.29 is 9.90 Å². The minimum absolute atomic E-state index is 0.0130. The van der Waals surface area contributed by atoms with E-state index in [-0.39, 0.29) is 18.6 Å². The second kappa shape index (κ2) is 5.63. The number of hydrogen-bond acceptors (Lipinski definition) is 3. The van der Waals surface area contributed by atoms with E-state index in [0.29, 0.717) is 13.1 Å². The maximum Gasteiger partial charge on any atom is 0.236 e. The maximum absolute atomic E-state index is 11.5. The molecule has 1 saturated heterocycles. The molecule has 1 aliphatic heterocycles. The van der Waals surface area contributed by atoms with Crippen molar-refractivity contribution in [1.29, 1.82) is 0 Å². The minimum atomic E-state index is -0.361. The Labute approximate surface area is 84.3 Å². The highest BCUT2D eigenvalue weighted by molar-refractivity contribution is 5.78. The average molecular weight is 196 g/mol. The van der Waals surface area contributed by atoms with Gasteiger partial charge in [0.05, 0.1) is 19.2 Å². The minimum Gasteiger partial charge on any atom is -0.391 e. The van der Waals surface area contributed by atoms with Crippen LogP contribution in [-0.2, 0) is 4.79 Å². The summed E-state index contributed by atoms with van der Waals surface area (Å²) >= 11 is 0. The monoisotopic (exact) mass is 196 g/mol. The number of piperidine rings is 1. The van der Waals surface area contributed by atoms with Gasteiger partial charge in [0.1, 0.15) is 0 Å². The van der Waals surface area contributed by atoms with E-state index in [1.807, 2.05) is 0 Å². The first-order valence-corrected chi connectivity index (χ1v) is 4.84. The van der Waals surface area contributed by atoms with E-state index in [4.69, 9.17) is 6.42 Å². The normalized spacial score (nSPS) is 21.7. The summed E-state index contributed by atoms with van der Waals surface area (Å²) in [6.07, 6.45) is 6.35. The number of rotatable bonds is 3. The fourth-order valence-electron chi connectivity index (χ4n) is 1.53. The van der Waals surface area contributed by atoms with Crippen molar-refractivity contribution >= 4 is 5.91 Å². The number of nitrogens with zero attached hydrogens (tertiary/aromatic N) is 1. The lowest BCUT2D eigenvalue weighted by atomic mass is 10.1. The number of β-amino-alcohol motifs (C(OH)–C–C–N with tert-alkyl or cyclic N) is 1. The molecular formula is C10H16N2O2. The Morgan fingerprint density at radius 3 is 3.14 bits per heavy atom. The first-order chi connectivity index (χ1) is 6.74. The third kappa shape index (κ3) is 3.36. The molecular weight excluding hydrogens is 180 g/mol. The zero-order valence-electron chi connectivity index (χ0n) is 8.20. The van der Waals surface area contributed by atoms with Crippen LogP contribution < -0.4 is 5.32 Å². The Bertz CT molecular complexity index is 235. The molecule has 0 aromatic heterocycles. The van der Waals surface area contributed by atoms with Crippen LogP contribution in [0.15, 0.2) is 0 Å². The van der Waals surface area contributed by atoms with Crippen LogP contribution >= 0.6 is 0 Å². The summed E-state index contributed by atoms with van der Waals surface area (Å²) in [5.74, 6) is 2.42. The molecule has 78 valence electrons. The molecule has 1 fully saturated rings. The standard InChI is InChI=1S/C10H16N2O2/c1-2-5-11-7-10(14)12-6-3-4-9(13)8-12/h1,9,11,13H,3-8H2/t9-/m0/s1. The van der Waals surface area contributed by atoms with E-state index in [2.05, 4.69) is 11.2 Å². The highest BCUT2D eigenvalue weighted by Gasteiger charge is 2.21. The van der Waals surface area contributed by atoms with Crippen LogP contribution in [0.3, 0.4) is 0 Å². The Balaban J connectivity index is 2.26. The Kier molecular flexibility index (Phi) is 4.44. The van der Waals surface area contributed by atoms with Crippen LogP contribution in [0.25, 0.3) is 0 Å². The second-order valence-corrected chi connectivity index (χ2v) is 3.44. The summed E-state index contributed by atoms with van der Waals surface area (Å²) < 4.78 is 0. The summed E-state index contributed by atoms with van der Waals surface area (Å²) in [6, 6.07) is 0. The molecule has 2 N–H and O–H groups in total. The number of carbonyl (C=O) groups is 1. The van der Waals surface area contributed by atoms with Crippen LogP contribution in [-0.4, -0.2) is 48.2 Å². The van der Waals surface area contributed by atoms with E-state index in [9.17, 15) is 9.90 Å². The Morgan fingerprint density at radius 1 is 1.71 bits per heavy atom. The quantitative estimate of drug-likeness (QED) is 0.458. The van der Waals surface area contributed by atoms with Gasteiger partial charge in [-0.2, -0.15) is 0 Å². The molecule has 1 aliphatic rings. The predicted octanol–water partition coefficient (Wildman–Crippen LogP) is -0.808. The van der Waals surface area contributed by atoms with Crippen LogP contribution in [0.1, 0.15) is 12.8 Å². The van der Waals surface area contributed by atoms with Crippen LogP contribution in [0.2, 0.25) is 0 Å². The number of aliphatic hydroxyl groups is 1. The van der Waals surface area contributed by atoms with Crippen LogP contribution in [0.4, 0.5) is 0 Å². The van der Waals surface area contributed by atoms with Gasteiger partial charge in [-0.3, -0.25) is 10.1 Å². The van der Waals surface area contributed by atoms with Gasteiger partial charge < -0.3 is 10.0 Å². The van der Waals surface area contributed by atoms with Crippen LogP contribution in [0, 0.1) is 12.3 Å². The van der Waals surface area contributed by atoms with Crippen molar-refractivity contribution in [3.05, 3.63) is 0 Å². The molecule has 4 nitrogen and oxygen atoms in total. The van der Waals surface area contributed by atoms with Crippen molar-refractivity contribution in [2.24, 2.45) is 0 Å². The summed E-state index contributed by atoms with van der Waals surface area (Å²) in [6.45, 7) is 1.86. The molecule has 1 atom stereocenters. The number of nitrogens with one attached hydrogen (secondary N) is 1. The smallest absolute Gasteiger partial charge is 0.236 e. The van der Waals surface area contributed by atoms with Gasteiger partial charge in [0.2, 0.25) is 5.91 Å². The molecule has 4 heteroatoms. The summed E-state index contributed by atoms with van der Waals surface area (Å²) in [5, 5.41) is 12.2. The topological polar surface area (TPSA) is 52.6 Å². The van der Waals surface area contributed by atoms with Gasteiger partial charge in [-0.1, -0.05) is 5.92 Å². The average Bonchev–Trinajstić information content (AvgIpc) is 2.18. The third-order valence-corrected chi connectivity index (χ3v) is 2.25. The largest absolute Gasteiger partial charge is 0.391 e. The van der Waals surface area contributed by atoms with Crippen molar-refractivity contribution in [3.8, 4) is 12.3 Å². The Hall–Kier alpha value is -1.05. The lowest BCUT2D eigenvalue weighted by Gasteiger charge is -2.30. The highest BCUT2D eigenvalue weighted by Crippen LogP contribution is 2.09. The number of hydrogen-bond donors (Lipinski definition) is 2. The molecule has 0 radical (unpaired) electrons. The van der Waals surface area contributed by atoms with Gasteiger partial charge in [-0.05, 0) is 12.8 Å². The molecule has 1 amide bonds. The van der Waals surface area contributed by atoms with Crippen molar-refractivity contribution in [1.82, 2.24) is 10.2 Å². The first-order valence-electron chi connectivity index (χ1n) is 4.84. The van der Waals surface area contributed by atoms with Gasteiger partial charge in [0.15, 0.2) is 0 Å². The van der Waals surface area contributed by atoms with Crippen molar-refractivity contribution in [2.75, 3.05) is 26.2 Å². The maximum atomic E-state index is 11.5. The second-order valence-electron chi connectivity index (χ2n) is 3.44. The van der Waals surface area contributed by atoms with E-state index in [1.54, 1.807) is 4.90 Å². The lowest BCUT2D eigenvalue weighted by molar-refractivity contribution is -0.133. The molecule has 0 spiro atoms. The van der Waals surface area contributed by atoms with Gasteiger partial charge >= 0.3 is 0 Å². The number of likely N-dealkylation sites (tertiary alicyclic amines) is 1. The van der Waals surface area contributed by atoms with E-state index in [1.165, 1.54) is 0 Å². The number of aliphatic hydroxyl groups excluding tert-OH is 1. The fraction of sp³-hybridized carbons (Fsp3) is 0.700. The molecule has 0 aromatic carbocycles. The van der Waals surface area contributed by atoms with Crippen molar-refractivity contribution in [2.45, 2.75) is 18.9 Å². The predicted molar refractivity (Wildman–Crippen MR) is 53.5 cm³/mol.